The standard InChI is InChI=1S/C12H11N5O/c1-16(2)12-14-11-8-5-3-4-6-9(8)13-7-10(11)17(18)15-12/h3-7H,1-2H3. The molecule has 0 amide bonds. The van der Waals surface area contributed by atoms with Crippen LogP contribution >= 0.6 is 0 Å². The molecule has 18 heavy (non-hydrogen) atoms. The molecule has 0 spiro atoms. The topological polar surface area (TPSA) is 68.9 Å². The maximum absolute atomic E-state index is 11.8. The Hall–Kier alpha value is -2.50. The Morgan fingerprint density at radius 2 is 2.00 bits per heavy atom. The highest BCUT2D eigenvalue weighted by molar-refractivity contribution is 6.00. The van der Waals surface area contributed by atoms with Crippen molar-refractivity contribution >= 4 is 27.9 Å². The van der Waals surface area contributed by atoms with Crippen LogP contribution in [-0.2, 0) is 0 Å². The van der Waals surface area contributed by atoms with Gasteiger partial charge < -0.3 is 10.1 Å². The van der Waals surface area contributed by atoms with Crippen LogP contribution in [0.25, 0.3) is 21.9 Å². The van der Waals surface area contributed by atoms with Crippen LogP contribution in [0.15, 0.2) is 30.5 Å². The van der Waals surface area contributed by atoms with E-state index in [1.165, 1.54) is 6.20 Å². The molecule has 0 unspecified atom stereocenters. The van der Waals surface area contributed by atoms with Gasteiger partial charge >= 0.3 is 0 Å². The first-order valence-corrected chi connectivity index (χ1v) is 5.49. The number of nitrogens with zero attached hydrogens (tertiary/aromatic N) is 5. The summed E-state index contributed by atoms with van der Waals surface area (Å²) in [6.07, 6.45) is 1.50. The molecule has 0 radical (unpaired) electrons. The smallest absolute Gasteiger partial charge is 0.292 e. The molecular formula is C12H11N5O. The summed E-state index contributed by atoms with van der Waals surface area (Å²) < 4.78 is 0. The Bertz CT molecular complexity index is 741. The van der Waals surface area contributed by atoms with Crippen molar-refractivity contribution in [1.82, 2.24) is 15.1 Å². The number of rotatable bonds is 1. The van der Waals surface area contributed by atoms with Gasteiger partial charge in [-0.2, -0.15) is 0 Å². The van der Waals surface area contributed by atoms with Gasteiger partial charge in [0.25, 0.3) is 11.5 Å². The molecule has 1 aromatic carbocycles. The van der Waals surface area contributed by atoms with E-state index in [2.05, 4.69) is 15.1 Å². The van der Waals surface area contributed by atoms with Crippen molar-refractivity contribution in [2.24, 2.45) is 0 Å². The molecule has 3 rings (SSSR count). The third kappa shape index (κ3) is 1.50. The van der Waals surface area contributed by atoms with Gasteiger partial charge in [0.2, 0.25) is 0 Å². The molecule has 0 saturated heterocycles. The average Bonchev–Trinajstić information content (AvgIpc) is 2.38. The third-order valence-electron chi connectivity index (χ3n) is 2.73. The third-order valence-corrected chi connectivity index (χ3v) is 2.73. The molecular weight excluding hydrogens is 230 g/mol. The number of pyridine rings is 1. The lowest BCUT2D eigenvalue weighted by atomic mass is 10.2. The van der Waals surface area contributed by atoms with E-state index in [1.807, 2.05) is 24.3 Å². The van der Waals surface area contributed by atoms with Crippen LogP contribution in [0.4, 0.5) is 5.95 Å². The number of hydrogen-bond acceptors (Lipinski definition) is 5. The first kappa shape index (κ1) is 10.6. The zero-order valence-electron chi connectivity index (χ0n) is 10.0. The minimum absolute atomic E-state index is 0.374. The summed E-state index contributed by atoms with van der Waals surface area (Å²) in [6.45, 7) is 0. The average molecular weight is 241 g/mol. The van der Waals surface area contributed by atoms with E-state index in [1.54, 1.807) is 19.0 Å². The Kier molecular flexibility index (Phi) is 2.22. The summed E-state index contributed by atoms with van der Waals surface area (Å²) in [5.41, 5.74) is 1.81. The maximum Gasteiger partial charge on any atom is 0.292 e. The summed E-state index contributed by atoms with van der Waals surface area (Å²) >= 11 is 0. The fraction of sp³-hybridized carbons (Fsp3) is 0.167. The molecule has 0 N–H and O–H groups in total. The van der Waals surface area contributed by atoms with Gasteiger partial charge in [0, 0.05) is 19.5 Å². The second-order valence-electron chi connectivity index (χ2n) is 4.19. The predicted octanol–water partition coefficient (Wildman–Crippen LogP) is 0.877. The molecule has 0 saturated carbocycles. The maximum atomic E-state index is 11.8. The second kappa shape index (κ2) is 3.76. The SMILES string of the molecule is CN(C)c1nc2c3ccccc3ncc2[n+]([O-])n1. The monoisotopic (exact) mass is 241 g/mol. The van der Waals surface area contributed by atoms with E-state index in [0.29, 0.717) is 21.8 Å². The highest BCUT2D eigenvalue weighted by Gasteiger charge is 2.15. The van der Waals surface area contributed by atoms with Gasteiger partial charge in [-0.3, -0.25) is 0 Å². The van der Waals surface area contributed by atoms with Gasteiger partial charge in [-0.1, -0.05) is 18.2 Å². The number of hydrogen-bond donors (Lipinski definition) is 0. The molecule has 90 valence electrons. The Balaban J connectivity index is 2.48. The first-order valence-electron chi connectivity index (χ1n) is 5.49. The van der Waals surface area contributed by atoms with Gasteiger partial charge in [-0.15, -0.1) is 0 Å². The largest absolute Gasteiger partial charge is 0.594 e. The lowest BCUT2D eigenvalue weighted by Gasteiger charge is -2.09. The molecule has 2 heterocycles. The van der Waals surface area contributed by atoms with E-state index in [9.17, 15) is 5.21 Å². The van der Waals surface area contributed by atoms with Crippen molar-refractivity contribution in [3.8, 4) is 0 Å². The van der Waals surface area contributed by atoms with Gasteiger partial charge in [0.05, 0.1) is 10.6 Å². The lowest BCUT2D eigenvalue weighted by molar-refractivity contribution is -0.641. The minimum atomic E-state index is 0.374. The summed E-state index contributed by atoms with van der Waals surface area (Å²) in [5.74, 6) is 0.383. The molecule has 3 aromatic rings. The molecule has 0 atom stereocenters. The fourth-order valence-corrected chi connectivity index (χ4v) is 1.82. The molecule has 0 aliphatic carbocycles. The summed E-state index contributed by atoms with van der Waals surface area (Å²) in [5, 5.41) is 16.5. The van der Waals surface area contributed by atoms with E-state index in [0.717, 1.165) is 10.9 Å². The quantitative estimate of drug-likeness (QED) is 0.359. The summed E-state index contributed by atoms with van der Waals surface area (Å²) in [7, 11) is 3.59. The lowest BCUT2D eigenvalue weighted by Crippen LogP contribution is -2.35. The van der Waals surface area contributed by atoms with E-state index < -0.39 is 0 Å². The Morgan fingerprint density at radius 3 is 2.78 bits per heavy atom. The highest BCUT2D eigenvalue weighted by atomic mass is 16.5. The fourth-order valence-electron chi connectivity index (χ4n) is 1.82. The number of benzene rings is 1. The summed E-state index contributed by atoms with van der Waals surface area (Å²) in [6, 6.07) is 7.59. The molecule has 2 aromatic heterocycles. The molecule has 6 nitrogen and oxygen atoms in total. The molecule has 6 heteroatoms. The van der Waals surface area contributed by atoms with E-state index in [-0.39, 0.29) is 0 Å². The van der Waals surface area contributed by atoms with Crippen LogP contribution in [-0.4, -0.2) is 29.2 Å². The van der Waals surface area contributed by atoms with Crippen LogP contribution in [0.3, 0.4) is 0 Å². The molecule has 0 fully saturated rings. The Labute approximate surface area is 103 Å². The number of aromatic nitrogens is 4. The van der Waals surface area contributed by atoms with E-state index >= 15 is 0 Å². The second-order valence-corrected chi connectivity index (χ2v) is 4.19. The van der Waals surface area contributed by atoms with Crippen LogP contribution in [0.2, 0.25) is 0 Å². The minimum Gasteiger partial charge on any atom is -0.594 e. The normalized spacial score (nSPS) is 11.0. The number of fused-ring (bicyclic) bond motifs is 3. The van der Waals surface area contributed by atoms with Crippen LogP contribution in [0.1, 0.15) is 0 Å². The molecule has 0 bridgehead atoms. The number of para-hydroxylation sites is 1. The van der Waals surface area contributed by atoms with Crippen molar-refractivity contribution in [2.75, 3.05) is 19.0 Å². The van der Waals surface area contributed by atoms with Crippen molar-refractivity contribution < 1.29 is 4.85 Å². The van der Waals surface area contributed by atoms with Crippen molar-refractivity contribution in [3.63, 3.8) is 0 Å². The van der Waals surface area contributed by atoms with Gasteiger partial charge in [-0.05, 0) is 10.9 Å². The predicted molar refractivity (Wildman–Crippen MR) is 68.1 cm³/mol. The van der Waals surface area contributed by atoms with Crippen LogP contribution < -0.4 is 9.75 Å². The van der Waals surface area contributed by atoms with Gasteiger partial charge in [-0.25, -0.2) is 9.97 Å². The van der Waals surface area contributed by atoms with Crippen molar-refractivity contribution in [1.29, 1.82) is 0 Å². The zero-order chi connectivity index (χ0) is 12.7. The Morgan fingerprint density at radius 1 is 1.22 bits per heavy atom. The van der Waals surface area contributed by atoms with Crippen molar-refractivity contribution in [2.45, 2.75) is 0 Å². The molecule has 0 aliphatic heterocycles. The van der Waals surface area contributed by atoms with Crippen LogP contribution in [0, 0.1) is 5.21 Å². The summed E-state index contributed by atoms with van der Waals surface area (Å²) in [4.78, 5) is 10.9. The van der Waals surface area contributed by atoms with Crippen LogP contribution in [0.5, 0.6) is 0 Å². The zero-order valence-corrected chi connectivity index (χ0v) is 10.0. The molecule has 0 aliphatic rings. The number of anilines is 1. The first-order chi connectivity index (χ1) is 8.66. The van der Waals surface area contributed by atoms with E-state index in [4.69, 9.17) is 0 Å². The highest BCUT2D eigenvalue weighted by Crippen LogP contribution is 2.20. The van der Waals surface area contributed by atoms with Crippen molar-refractivity contribution in [3.05, 3.63) is 35.7 Å². The van der Waals surface area contributed by atoms with Gasteiger partial charge in [0.1, 0.15) is 6.20 Å². The van der Waals surface area contributed by atoms with Gasteiger partial charge in [0.15, 0.2) is 5.52 Å².